The number of hydrogen-bond donors (Lipinski definition) is 1. The average molecular weight is 256 g/mol. The lowest BCUT2D eigenvalue weighted by atomic mass is 9.76. The zero-order chi connectivity index (χ0) is 13.1. The third-order valence-corrected chi connectivity index (χ3v) is 3.76. The minimum absolute atomic E-state index is 0.137. The molecule has 1 heterocycles. The Labute approximate surface area is 112 Å². The second kappa shape index (κ2) is 5.49. The molecule has 0 atom stereocenters. The van der Waals surface area contributed by atoms with E-state index in [0.717, 1.165) is 30.6 Å². The van der Waals surface area contributed by atoms with Gasteiger partial charge in [0.15, 0.2) is 0 Å². The Balaban J connectivity index is 1.48. The predicted octanol–water partition coefficient (Wildman–Crippen LogP) is 3.26. The number of hydrogen-bond acceptors (Lipinski definition) is 2. The first kappa shape index (κ1) is 12.3. The Hall–Kier alpha value is -1.74. The van der Waals surface area contributed by atoms with Crippen LogP contribution in [-0.2, 0) is 6.54 Å². The van der Waals surface area contributed by atoms with Crippen molar-refractivity contribution in [2.45, 2.75) is 31.3 Å². The third kappa shape index (κ3) is 2.99. The standard InChI is InChI=1S/C16H17FN2/c17-14-5-3-4-12(8-14)13-9-16(10-13)19-11-15-6-1-2-7-18-15/h1-8,13,16,19H,9-11H2. The van der Waals surface area contributed by atoms with Crippen LogP contribution >= 0.6 is 0 Å². The first-order chi connectivity index (χ1) is 9.31. The van der Waals surface area contributed by atoms with Crippen molar-refractivity contribution < 1.29 is 4.39 Å². The summed E-state index contributed by atoms with van der Waals surface area (Å²) < 4.78 is 13.1. The number of nitrogens with one attached hydrogen (secondary N) is 1. The maximum atomic E-state index is 13.1. The van der Waals surface area contributed by atoms with Gasteiger partial charge >= 0.3 is 0 Å². The molecule has 3 rings (SSSR count). The number of pyridine rings is 1. The molecule has 1 saturated carbocycles. The second-order valence-corrected chi connectivity index (χ2v) is 5.12. The Kier molecular flexibility index (Phi) is 3.56. The van der Waals surface area contributed by atoms with E-state index in [0.29, 0.717) is 12.0 Å². The summed E-state index contributed by atoms with van der Waals surface area (Å²) >= 11 is 0. The van der Waals surface area contributed by atoms with Gasteiger partial charge in [0.2, 0.25) is 0 Å². The van der Waals surface area contributed by atoms with E-state index in [4.69, 9.17) is 0 Å². The first-order valence-corrected chi connectivity index (χ1v) is 6.70. The van der Waals surface area contributed by atoms with Crippen LogP contribution in [0.5, 0.6) is 0 Å². The predicted molar refractivity (Wildman–Crippen MR) is 73.2 cm³/mol. The fraction of sp³-hybridized carbons (Fsp3) is 0.312. The number of halogens is 1. The van der Waals surface area contributed by atoms with Crippen molar-refractivity contribution in [1.82, 2.24) is 10.3 Å². The molecule has 2 aromatic rings. The van der Waals surface area contributed by atoms with Gasteiger partial charge in [-0.15, -0.1) is 0 Å². The van der Waals surface area contributed by atoms with Gasteiger partial charge < -0.3 is 5.32 Å². The molecule has 0 spiro atoms. The molecule has 1 aliphatic rings. The normalized spacial score (nSPS) is 21.9. The molecule has 98 valence electrons. The average Bonchev–Trinajstić information content (AvgIpc) is 2.38. The van der Waals surface area contributed by atoms with Crippen molar-refractivity contribution in [2.24, 2.45) is 0 Å². The van der Waals surface area contributed by atoms with E-state index in [1.807, 2.05) is 30.5 Å². The van der Waals surface area contributed by atoms with E-state index in [1.165, 1.54) is 6.07 Å². The van der Waals surface area contributed by atoms with Gasteiger partial charge in [0.05, 0.1) is 5.69 Å². The van der Waals surface area contributed by atoms with Gasteiger partial charge in [0.25, 0.3) is 0 Å². The summed E-state index contributed by atoms with van der Waals surface area (Å²) in [5, 5.41) is 3.49. The molecule has 1 fully saturated rings. The van der Waals surface area contributed by atoms with Crippen molar-refractivity contribution in [1.29, 1.82) is 0 Å². The maximum absolute atomic E-state index is 13.1. The molecular weight excluding hydrogens is 239 g/mol. The monoisotopic (exact) mass is 256 g/mol. The van der Waals surface area contributed by atoms with Crippen LogP contribution in [0.25, 0.3) is 0 Å². The largest absolute Gasteiger partial charge is 0.308 e. The summed E-state index contributed by atoms with van der Waals surface area (Å²) in [5.41, 5.74) is 2.19. The summed E-state index contributed by atoms with van der Waals surface area (Å²) in [4.78, 5) is 4.29. The van der Waals surface area contributed by atoms with E-state index >= 15 is 0 Å². The molecule has 0 unspecified atom stereocenters. The van der Waals surface area contributed by atoms with E-state index in [1.54, 1.807) is 12.1 Å². The van der Waals surface area contributed by atoms with E-state index in [9.17, 15) is 4.39 Å². The topological polar surface area (TPSA) is 24.9 Å². The minimum Gasteiger partial charge on any atom is -0.308 e. The number of aromatic nitrogens is 1. The highest BCUT2D eigenvalue weighted by Crippen LogP contribution is 2.37. The Morgan fingerprint density at radius 1 is 1.16 bits per heavy atom. The highest BCUT2D eigenvalue weighted by molar-refractivity contribution is 5.23. The first-order valence-electron chi connectivity index (χ1n) is 6.70. The van der Waals surface area contributed by atoms with Crippen molar-refractivity contribution in [2.75, 3.05) is 0 Å². The summed E-state index contributed by atoms with van der Waals surface area (Å²) in [6.07, 6.45) is 3.97. The van der Waals surface area contributed by atoms with E-state index < -0.39 is 0 Å². The zero-order valence-corrected chi connectivity index (χ0v) is 10.7. The Morgan fingerprint density at radius 2 is 2.05 bits per heavy atom. The van der Waals surface area contributed by atoms with Gasteiger partial charge in [0.1, 0.15) is 5.82 Å². The Bertz CT molecular complexity index is 535. The molecule has 0 aliphatic heterocycles. The fourth-order valence-corrected chi connectivity index (χ4v) is 2.57. The van der Waals surface area contributed by atoms with Gasteiger partial charge in [-0.05, 0) is 48.6 Å². The van der Waals surface area contributed by atoms with Crippen LogP contribution in [0.2, 0.25) is 0 Å². The molecule has 0 amide bonds. The summed E-state index contributed by atoms with van der Waals surface area (Å²) in [6.45, 7) is 0.807. The second-order valence-electron chi connectivity index (χ2n) is 5.12. The van der Waals surface area contributed by atoms with Crippen molar-refractivity contribution in [3.8, 4) is 0 Å². The van der Waals surface area contributed by atoms with Gasteiger partial charge in [-0.3, -0.25) is 4.98 Å². The molecule has 0 saturated heterocycles. The van der Waals surface area contributed by atoms with Gasteiger partial charge in [0, 0.05) is 18.8 Å². The maximum Gasteiger partial charge on any atom is 0.123 e. The lowest BCUT2D eigenvalue weighted by Crippen LogP contribution is -2.39. The number of rotatable bonds is 4. The van der Waals surface area contributed by atoms with Crippen LogP contribution in [0.1, 0.15) is 30.0 Å². The molecule has 1 aromatic carbocycles. The molecule has 0 radical (unpaired) electrons. The molecular formula is C16H17FN2. The lowest BCUT2D eigenvalue weighted by molar-refractivity contribution is 0.288. The number of benzene rings is 1. The van der Waals surface area contributed by atoms with Crippen LogP contribution in [0, 0.1) is 5.82 Å². The molecule has 2 nitrogen and oxygen atoms in total. The fourth-order valence-electron chi connectivity index (χ4n) is 2.57. The van der Waals surface area contributed by atoms with Gasteiger partial charge in [-0.2, -0.15) is 0 Å². The smallest absolute Gasteiger partial charge is 0.123 e. The molecule has 3 heteroatoms. The summed E-state index contributed by atoms with van der Waals surface area (Å²) in [7, 11) is 0. The third-order valence-electron chi connectivity index (χ3n) is 3.76. The van der Waals surface area contributed by atoms with Gasteiger partial charge in [-0.1, -0.05) is 18.2 Å². The quantitative estimate of drug-likeness (QED) is 0.908. The SMILES string of the molecule is Fc1cccc(C2CC(NCc3ccccn3)C2)c1. The molecule has 0 bridgehead atoms. The van der Waals surface area contributed by atoms with Crippen molar-refractivity contribution in [3.05, 3.63) is 65.7 Å². The van der Waals surface area contributed by atoms with E-state index in [2.05, 4.69) is 10.3 Å². The zero-order valence-electron chi connectivity index (χ0n) is 10.7. The number of nitrogens with zero attached hydrogens (tertiary/aromatic N) is 1. The highest BCUT2D eigenvalue weighted by atomic mass is 19.1. The summed E-state index contributed by atoms with van der Waals surface area (Å²) in [5.74, 6) is 0.360. The van der Waals surface area contributed by atoms with E-state index in [-0.39, 0.29) is 5.82 Å². The van der Waals surface area contributed by atoms with Crippen molar-refractivity contribution in [3.63, 3.8) is 0 Å². The van der Waals surface area contributed by atoms with Crippen LogP contribution in [0.15, 0.2) is 48.7 Å². The Morgan fingerprint density at radius 3 is 2.79 bits per heavy atom. The molecule has 19 heavy (non-hydrogen) atoms. The highest BCUT2D eigenvalue weighted by Gasteiger charge is 2.29. The summed E-state index contributed by atoms with van der Waals surface area (Å²) in [6, 6.07) is 13.4. The van der Waals surface area contributed by atoms with Gasteiger partial charge in [-0.25, -0.2) is 4.39 Å². The van der Waals surface area contributed by atoms with Crippen molar-refractivity contribution >= 4 is 0 Å². The van der Waals surface area contributed by atoms with Crippen LogP contribution in [-0.4, -0.2) is 11.0 Å². The van der Waals surface area contributed by atoms with Crippen LogP contribution in [0.4, 0.5) is 4.39 Å². The van der Waals surface area contributed by atoms with Crippen LogP contribution < -0.4 is 5.32 Å². The van der Waals surface area contributed by atoms with Crippen LogP contribution in [0.3, 0.4) is 0 Å². The minimum atomic E-state index is -0.137. The lowest BCUT2D eigenvalue weighted by Gasteiger charge is -2.36. The molecule has 1 aliphatic carbocycles. The molecule has 1 N–H and O–H groups in total. The molecule has 1 aromatic heterocycles.